The van der Waals surface area contributed by atoms with E-state index in [4.69, 9.17) is 5.26 Å². The van der Waals surface area contributed by atoms with E-state index >= 15 is 0 Å². The van der Waals surface area contributed by atoms with Crippen LogP contribution in [0.25, 0.3) is 11.3 Å². The molecule has 0 aliphatic carbocycles. The van der Waals surface area contributed by atoms with Crippen LogP contribution in [-0.2, 0) is 9.59 Å². The molecule has 2 aromatic carbocycles. The molecule has 0 unspecified atom stereocenters. The predicted octanol–water partition coefficient (Wildman–Crippen LogP) is 4.48. The Kier molecular flexibility index (Phi) is 7.09. The van der Waals surface area contributed by atoms with Crippen LogP contribution in [0.4, 0.5) is 10.8 Å². The quantitative estimate of drug-likeness (QED) is 0.600. The minimum Gasteiger partial charge on any atom is -0.311 e. The SMILES string of the molecule is N#CCCN(C(=O)CCC(=O)Nc1nc(-c2ccccc2)cs1)c1ccccc1. The Morgan fingerprint density at radius 2 is 1.72 bits per heavy atom. The van der Waals surface area contributed by atoms with Crippen LogP contribution < -0.4 is 10.2 Å². The molecule has 0 saturated heterocycles. The fourth-order valence-corrected chi connectivity index (χ4v) is 3.51. The number of amides is 2. The van der Waals surface area contributed by atoms with E-state index in [1.54, 1.807) is 4.90 Å². The fourth-order valence-electron chi connectivity index (χ4n) is 2.78. The van der Waals surface area contributed by atoms with Gasteiger partial charge in [-0.1, -0.05) is 48.5 Å². The van der Waals surface area contributed by atoms with Gasteiger partial charge in [0.25, 0.3) is 0 Å². The van der Waals surface area contributed by atoms with Gasteiger partial charge in [0, 0.05) is 36.0 Å². The predicted molar refractivity (Wildman–Crippen MR) is 114 cm³/mol. The third-order valence-corrected chi connectivity index (χ3v) is 4.96. The van der Waals surface area contributed by atoms with Crippen LogP contribution in [0.2, 0.25) is 0 Å². The Labute approximate surface area is 173 Å². The first-order valence-electron chi connectivity index (χ1n) is 9.20. The highest BCUT2D eigenvalue weighted by atomic mass is 32.1. The molecule has 7 heteroatoms. The number of rotatable bonds is 8. The Bertz CT molecular complexity index is 996. The minimum absolute atomic E-state index is 0.0506. The zero-order valence-electron chi connectivity index (χ0n) is 15.7. The van der Waals surface area contributed by atoms with E-state index in [1.165, 1.54) is 11.3 Å². The number of nitriles is 1. The van der Waals surface area contributed by atoms with Crippen molar-refractivity contribution in [3.63, 3.8) is 0 Å². The zero-order valence-corrected chi connectivity index (χ0v) is 16.6. The number of thiazole rings is 1. The van der Waals surface area contributed by atoms with Gasteiger partial charge in [0.15, 0.2) is 5.13 Å². The van der Waals surface area contributed by atoms with Crippen molar-refractivity contribution in [2.45, 2.75) is 19.3 Å². The smallest absolute Gasteiger partial charge is 0.227 e. The van der Waals surface area contributed by atoms with Crippen molar-refractivity contribution in [1.82, 2.24) is 4.98 Å². The Morgan fingerprint density at radius 3 is 2.41 bits per heavy atom. The second kappa shape index (κ2) is 10.2. The fraction of sp³-hybridized carbons (Fsp3) is 0.182. The maximum atomic E-state index is 12.6. The highest BCUT2D eigenvalue weighted by Gasteiger charge is 2.17. The van der Waals surface area contributed by atoms with Crippen LogP contribution in [-0.4, -0.2) is 23.3 Å². The summed E-state index contributed by atoms with van der Waals surface area (Å²) < 4.78 is 0. The molecule has 0 radical (unpaired) electrons. The average Bonchev–Trinajstić information content (AvgIpc) is 3.22. The molecular weight excluding hydrogens is 384 g/mol. The Balaban J connectivity index is 1.56. The molecule has 0 atom stereocenters. The topological polar surface area (TPSA) is 86.1 Å². The summed E-state index contributed by atoms with van der Waals surface area (Å²) in [6.07, 6.45) is 0.340. The van der Waals surface area contributed by atoms with Crippen molar-refractivity contribution in [2.75, 3.05) is 16.8 Å². The Morgan fingerprint density at radius 1 is 1.03 bits per heavy atom. The van der Waals surface area contributed by atoms with Crippen LogP contribution in [0.1, 0.15) is 19.3 Å². The third-order valence-electron chi connectivity index (χ3n) is 4.20. The average molecular weight is 404 g/mol. The van der Waals surface area contributed by atoms with Crippen molar-refractivity contribution >= 4 is 34.0 Å². The Hall–Kier alpha value is -3.50. The monoisotopic (exact) mass is 404 g/mol. The number of hydrogen-bond donors (Lipinski definition) is 1. The van der Waals surface area contributed by atoms with Gasteiger partial charge < -0.3 is 10.2 Å². The van der Waals surface area contributed by atoms with Crippen molar-refractivity contribution < 1.29 is 9.59 Å². The molecule has 29 heavy (non-hydrogen) atoms. The van der Waals surface area contributed by atoms with Gasteiger partial charge in [-0.2, -0.15) is 5.26 Å². The molecule has 1 heterocycles. The van der Waals surface area contributed by atoms with Gasteiger partial charge in [0.05, 0.1) is 18.2 Å². The molecule has 0 aliphatic heterocycles. The van der Waals surface area contributed by atoms with E-state index < -0.39 is 0 Å². The molecule has 3 rings (SSSR count). The molecule has 2 amide bonds. The largest absolute Gasteiger partial charge is 0.311 e. The van der Waals surface area contributed by atoms with Gasteiger partial charge in [0.1, 0.15) is 0 Å². The number of carbonyl (C=O) groups excluding carboxylic acids is 2. The van der Waals surface area contributed by atoms with Gasteiger partial charge in [0.2, 0.25) is 11.8 Å². The van der Waals surface area contributed by atoms with Gasteiger partial charge in [-0.15, -0.1) is 11.3 Å². The molecule has 6 nitrogen and oxygen atoms in total. The van der Waals surface area contributed by atoms with E-state index in [0.29, 0.717) is 11.7 Å². The lowest BCUT2D eigenvalue weighted by Crippen LogP contribution is -2.32. The van der Waals surface area contributed by atoms with E-state index in [-0.39, 0.29) is 31.1 Å². The van der Waals surface area contributed by atoms with Crippen molar-refractivity contribution in [1.29, 1.82) is 5.26 Å². The summed E-state index contributed by atoms with van der Waals surface area (Å²) in [5, 5.41) is 14.0. The number of para-hydroxylation sites is 1. The molecule has 0 bridgehead atoms. The van der Waals surface area contributed by atoms with Crippen LogP contribution in [0.3, 0.4) is 0 Å². The van der Waals surface area contributed by atoms with Crippen molar-refractivity contribution in [3.05, 3.63) is 66.0 Å². The van der Waals surface area contributed by atoms with Crippen LogP contribution in [0.15, 0.2) is 66.0 Å². The van der Waals surface area contributed by atoms with Gasteiger partial charge >= 0.3 is 0 Å². The number of nitrogens with zero attached hydrogens (tertiary/aromatic N) is 3. The number of hydrogen-bond acceptors (Lipinski definition) is 5. The summed E-state index contributed by atoms with van der Waals surface area (Å²) in [5.41, 5.74) is 2.50. The summed E-state index contributed by atoms with van der Waals surface area (Å²) in [6, 6.07) is 20.9. The lowest BCUT2D eigenvalue weighted by molar-refractivity contribution is -0.122. The number of carbonyl (C=O) groups is 2. The summed E-state index contributed by atoms with van der Waals surface area (Å²) >= 11 is 1.35. The number of benzene rings is 2. The van der Waals surface area contributed by atoms with E-state index in [2.05, 4.69) is 16.4 Å². The molecule has 0 spiro atoms. The minimum atomic E-state index is -0.263. The lowest BCUT2D eigenvalue weighted by Gasteiger charge is -2.21. The second-order valence-corrected chi connectivity index (χ2v) is 7.10. The first-order chi connectivity index (χ1) is 14.2. The second-order valence-electron chi connectivity index (χ2n) is 6.24. The highest BCUT2D eigenvalue weighted by Crippen LogP contribution is 2.24. The molecule has 1 aromatic heterocycles. The number of aromatic nitrogens is 1. The molecule has 3 aromatic rings. The summed E-state index contributed by atoms with van der Waals surface area (Å²) in [7, 11) is 0. The molecule has 0 saturated carbocycles. The number of anilines is 2. The lowest BCUT2D eigenvalue weighted by atomic mass is 10.2. The van der Waals surface area contributed by atoms with E-state index in [0.717, 1.165) is 16.9 Å². The van der Waals surface area contributed by atoms with Crippen LogP contribution >= 0.6 is 11.3 Å². The molecule has 1 N–H and O–H groups in total. The summed E-state index contributed by atoms with van der Waals surface area (Å²) in [5.74, 6) is -0.452. The number of nitrogens with one attached hydrogen (secondary N) is 1. The summed E-state index contributed by atoms with van der Waals surface area (Å²) in [6.45, 7) is 0.299. The summed E-state index contributed by atoms with van der Waals surface area (Å²) in [4.78, 5) is 30.9. The van der Waals surface area contributed by atoms with Crippen LogP contribution in [0, 0.1) is 11.3 Å². The van der Waals surface area contributed by atoms with E-state index in [9.17, 15) is 9.59 Å². The van der Waals surface area contributed by atoms with Gasteiger partial charge in [-0.3, -0.25) is 9.59 Å². The van der Waals surface area contributed by atoms with Gasteiger partial charge in [-0.05, 0) is 12.1 Å². The maximum Gasteiger partial charge on any atom is 0.227 e. The first-order valence-corrected chi connectivity index (χ1v) is 10.1. The molecule has 0 aliphatic rings. The van der Waals surface area contributed by atoms with Crippen molar-refractivity contribution in [3.8, 4) is 17.3 Å². The standard InChI is InChI=1S/C22H20N4O2S/c23-14-7-15-26(18-10-5-2-6-11-18)21(28)13-12-20(27)25-22-24-19(16-29-22)17-8-3-1-4-9-17/h1-6,8-11,16H,7,12-13,15H2,(H,24,25,27). The highest BCUT2D eigenvalue weighted by molar-refractivity contribution is 7.14. The third kappa shape index (κ3) is 5.74. The van der Waals surface area contributed by atoms with E-state index in [1.807, 2.05) is 66.0 Å². The molecular formula is C22H20N4O2S. The zero-order chi connectivity index (χ0) is 20.5. The van der Waals surface area contributed by atoms with Crippen LogP contribution in [0.5, 0.6) is 0 Å². The first kappa shape index (κ1) is 20.2. The molecule has 0 fully saturated rings. The van der Waals surface area contributed by atoms with Crippen molar-refractivity contribution in [2.24, 2.45) is 0 Å². The molecule has 146 valence electrons. The maximum absolute atomic E-state index is 12.6. The van der Waals surface area contributed by atoms with Gasteiger partial charge in [-0.25, -0.2) is 4.98 Å². The normalized spacial score (nSPS) is 10.2.